The fourth-order valence-electron chi connectivity index (χ4n) is 5.02. The number of terminal acetylenes is 1. The highest BCUT2D eigenvalue weighted by Crippen LogP contribution is 2.31. The fourth-order valence-corrected chi connectivity index (χ4v) is 5.13. The maximum Gasteiger partial charge on any atom is 0.129 e. The van der Waals surface area contributed by atoms with Crippen molar-refractivity contribution in [2.24, 2.45) is 0 Å². The molecule has 2 heterocycles. The number of aromatic nitrogens is 1. The minimum Gasteiger partial charge on any atom is -0.343 e. The molecule has 0 unspecified atom stereocenters. The molecule has 4 rings (SSSR count). The summed E-state index contributed by atoms with van der Waals surface area (Å²) in [4.78, 5) is 12.5. The van der Waals surface area contributed by atoms with Gasteiger partial charge in [0.2, 0.25) is 0 Å². The van der Waals surface area contributed by atoms with Crippen molar-refractivity contribution in [2.75, 3.05) is 13.1 Å². The molecule has 41 heavy (non-hydrogen) atoms. The van der Waals surface area contributed by atoms with Crippen molar-refractivity contribution in [1.82, 2.24) is 9.47 Å². The maximum atomic E-state index is 9.81. The number of carbonyl (C=O) groups excluding carboxylic acids is 1. The zero-order valence-corrected chi connectivity index (χ0v) is 26.8. The number of hydrogen-bond acceptors (Lipinski definition) is 2. The van der Waals surface area contributed by atoms with Gasteiger partial charge in [-0.2, -0.15) is 0 Å². The molecule has 0 atom stereocenters. The molecule has 3 nitrogen and oxygen atoms in total. The minimum absolute atomic E-state index is 0.255. The van der Waals surface area contributed by atoms with Gasteiger partial charge in [0.25, 0.3) is 0 Å². The number of rotatable bonds is 9. The van der Waals surface area contributed by atoms with Crippen molar-refractivity contribution in [3.8, 4) is 12.3 Å². The molecule has 220 valence electrons. The van der Waals surface area contributed by atoms with Gasteiger partial charge in [-0.15, -0.1) is 12.3 Å². The second-order valence-electron chi connectivity index (χ2n) is 10.9. The standard InChI is InChI=1S/C30H37ClN2.C4H8O.C3H4/c1-4-28(31)11-6-5-7-16-33-22-27(29-13-12-24(3)20-30(29)33)21-32-17-14-25(15-18-32)26-10-8-9-23(2)19-26;1-3-4(2)5;1-3-2/h4-5,7-10,12-13,19-20,22,25H,6,11,14-18,21H2,1-3H3;3H2,1-2H3;1H,2H3/b7-5-,28-4+;;. The monoisotopic (exact) mass is 572 g/mol. The average Bonchev–Trinajstić information content (AvgIpc) is 3.29. The van der Waals surface area contributed by atoms with Gasteiger partial charge < -0.3 is 9.36 Å². The van der Waals surface area contributed by atoms with Crippen LogP contribution in [0.5, 0.6) is 0 Å². The summed E-state index contributed by atoms with van der Waals surface area (Å²) in [5.74, 6) is 3.20. The van der Waals surface area contributed by atoms with Gasteiger partial charge in [0.1, 0.15) is 5.78 Å². The van der Waals surface area contributed by atoms with Gasteiger partial charge in [0.15, 0.2) is 0 Å². The molecule has 1 aliphatic heterocycles. The van der Waals surface area contributed by atoms with Gasteiger partial charge >= 0.3 is 0 Å². The van der Waals surface area contributed by atoms with E-state index in [1.54, 1.807) is 13.8 Å². The largest absolute Gasteiger partial charge is 0.343 e. The van der Waals surface area contributed by atoms with Crippen LogP contribution in [0.3, 0.4) is 0 Å². The number of halogens is 1. The van der Waals surface area contributed by atoms with E-state index in [0.717, 1.165) is 31.0 Å². The Bertz CT molecular complexity index is 1330. The molecule has 1 aliphatic rings. The van der Waals surface area contributed by atoms with Crippen molar-refractivity contribution < 1.29 is 4.79 Å². The van der Waals surface area contributed by atoms with Gasteiger partial charge in [-0.1, -0.05) is 78.7 Å². The SMILES string of the molecule is C#CC.C/C=C(/Cl)CC/C=C\Cn1cc(CN2CCC(c3cccc(C)c3)CC2)c2ccc(C)cc21.CCC(C)=O. The predicted octanol–water partition coefficient (Wildman–Crippen LogP) is 9.74. The molecule has 1 fully saturated rings. The van der Waals surface area contributed by atoms with E-state index in [2.05, 4.69) is 96.5 Å². The van der Waals surface area contributed by atoms with Crippen molar-refractivity contribution in [2.45, 2.75) is 92.7 Å². The van der Waals surface area contributed by atoms with E-state index in [1.165, 1.54) is 59.1 Å². The van der Waals surface area contributed by atoms with E-state index >= 15 is 0 Å². The average molecular weight is 573 g/mol. The summed E-state index contributed by atoms with van der Waals surface area (Å²) in [6, 6.07) is 16.0. The fraction of sp³-hybridized carbons (Fsp3) is 0.432. The maximum absolute atomic E-state index is 9.81. The van der Waals surface area contributed by atoms with Crippen LogP contribution in [0, 0.1) is 26.2 Å². The lowest BCUT2D eigenvalue weighted by Crippen LogP contribution is -2.32. The Balaban J connectivity index is 0.000000653. The minimum atomic E-state index is 0.255. The van der Waals surface area contributed by atoms with E-state index in [-0.39, 0.29) is 5.78 Å². The lowest BCUT2D eigenvalue weighted by Gasteiger charge is -2.32. The highest BCUT2D eigenvalue weighted by Gasteiger charge is 2.22. The number of hydrogen-bond donors (Lipinski definition) is 0. The summed E-state index contributed by atoms with van der Waals surface area (Å²) in [5.41, 5.74) is 7.00. The number of aryl methyl sites for hydroxylation is 2. The number of ketones is 1. The Morgan fingerprint density at radius 3 is 2.37 bits per heavy atom. The Morgan fingerprint density at radius 2 is 1.76 bits per heavy atom. The van der Waals surface area contributed by atoms with Crippen molar-refractivity contribution >= 4 is 28.3 Å². The predicted molar refractivity (Wildman–Crippen MR) is 179 cm³/mol. The van der Waals surface area contributed by atoms with Gasteiger partial charge in [0.05, 0.1) is 0 Å². The van der Waals surface area contributed by atoms with E-state index in [0.29, 0.717) is 12.3 Å². The third-order valence-electron chi connectivity index (χ3n) is 7.45. The Morgan fingerprint density at radius 1 is 1.10 bits per heavy atom. The number of Topliss-reactive ketones (excluding diaryl/α,β-unsaturated/α-hetero) is 1. The van der Waals surface area contributed by atoms with Crippen LogP contribution in [-0.4, -0.2) is 28.3 Å². The van der Waals surface area contributed by atoms with Crippen LogP contribution < -0.4 is 0 Å². The zero-order chi connectivity index (χ0) is 30.2. The zero-order valence-electron chi connectivity index (χ0n) is 26.1. The highest BCUT2D eigenvalue weighted by molar-refractivity contribution is 6.29. The number of fused-ring (bicyclic) bond motifs is 1. The second kappa shape index (κ2) is 18.4. The highest BCUT2D eigenvalue weighted by atomic mass is 35.5. The van der Waals surface area contributed by atoms with Crippen molar-refractivity contribution in [3.63, 3.8) is 0 Å². The van der Waals surface area contributed by atoms with Gasteiger partial charge in [-0.05, 0) is 102 Å². The molecule has 0 saturated carbocycles. The second-order valence-corrected chi connectivity index (χ2v) is 11.4. The van der Waals surface area contributed by atoms with Crippen LogP contribution in [0.2, 0.25) is 0 Å². The molecule has 4 heteroatoms. The molecule has 0 radical (unpaired) electrons. The summed E-state index contributed by atoms with van der Waals surface area (Å²) in [5, 5.41) is 2.34. The third kappa shape index (κ3) is 11.8. The molecule has 0 bridgehead atoms. The number of carbonyl (C=O) groups is 1. The summed E-state index contributed by atoms with van der Waals surface area (Å²) >= 11 is 6.12. The van der Waals surface area contributed by atoms with Crippen molar-refractivity contribution in [3.05, 3.63) is 94.2 Å². The molecule has 1 aromatic heterocycles. The Hall–Kier alpha value is -3.06. The number of nitrogens with zero attached hydrogens (tertiary/aromatic N) is 2. The topological polar surface area (TPSA) is 25.2 Å². The molecule has 0 amide bonds. The normalized spacial score (nSPS) is 14.2. The number of piperidine rings is 1. The first-order chi connectivity index (χ1) is 19.7. The third-order valence-corrected chi connectivity index (χ3v) is 7.85. The van der Waals surface area contributed by atoms with Crippen LogP contribution in [0.15, 0.2) is 71.9 Å². The lowest BCUT2D eigenvalue weighted by molar-refractivity contribution is -0.116. The molecule has 3 aromatic rings. The molecule has 0 aliphatic carbocycles. The van der Waals surface area contributed by atoms with Crippen molar-refractivity contribution in [1.29, 1.82) is 0 Å². The van der Waals surface area contributed by atoms with Crippen LogP contribution in [0.25, 0.3) is 10.9 Å². The summed E-state index contributed by atoms with van der Waals surface area (Å²) in [7, 11) is 0. The number of allylic oxidation sites excluding steroid dienone is 4. The first kappa shape index (κ1) is 34.1. The molecule has 2 aromatic carbocycles. The van der Waals surface area contributed by atoms with E-state index in [1.807, 2.05) is 19.9 Å². The summed E-state index contributed by atoms with van der Waals surface area (Å²) < 4.78 is 2.41. The van der Waals surface area contributed by atoms with Gasteiger partial charge in [-0.25, -0.2) is 0 Å². The van der Waals surface area contributed by atoms with Gasteiger partial charge in [-0.3, -0.25) is 4.90 Å². The van der Waals surface area contributed by atoms with Crippen LogP contribution in [0.1, 0.15) is 88.0 Å². The number of benzene rings is 2. The van der Waals surface area contributed by atoms with Crippen LogP contribution in [0.4, 0.5) is 0 Å². The molecule has 0 N–H and O–H groups in total. The Kier molecular flexibility index (Phi) is 15.3. The summed E-state index contributed by atoms with van der Waals surface area (Å²) in [6.07, 6.45) is 18.6. The van der Waals surface area contributed by atoms with Crippen LogP contribution in [-0.2, 0) is 17.9 Å². The quantitative estimate of drug-likeness (QED) is 0.188. The van der Waals surface area contributed by atoms with E-state index in [4.69, 9.17) is 11.6 Å². The van der Waals surface area contributed by atoms with E-state index in [9.17, 15) is 4.79 Å². The van der Waals surface area contributed by atoms with E-state index < -0.39 is 0 Å². The van der Waals surface area contributed by atoms with Gasteiger partial charge in [0, 0.05) is 41.6 Å². The smallest absolute Gasteiger partial charge is 0.129 e. The van der Waals surface area contributed by atoms with Crippen LogP contribution >= 0.6 is 11.6 Å². The summed E-state index contributed by atoms with van der Waals surface area (Å²) in [6.45, 7) is 15.7. The Labute approximate surface area is 254 Å². The first-order valence-corrected chi connectivity index (χ1v) is 15.3. The molecular formula is C37H49ClN2O. The first-order valence-electron chi connectivity index (χ1n) is 14.9. The molecule has 0 spiro atoms. The molecular weight excluding hydrogens is 524 g/mol. The molecule has 1 saturated heterocycles. The number of likely N-dealkylation sites (tertiary alicyclic amines) is 1. The lowest BCUT2D eigenvalue weighted by atomic mass is 9.88.